The van der Waals surface area contributed by atoms with E-state index < -0.39 is 5.97 Å². The Morgan fingerprint density at radius 2 is 2.24 bits per heavy atom. The molecule has 0 radical (unpaired) electrons. The van der Waals surface area contributed by atoms with Gasteiger partial charge in [-0.25, -0.2) is 9.78 Å². The lowest BCUT2D eigenvalue weighted by atomic mass is 10.0. The molecule has 0 aromatic carbocycles. The van der Waals surface area contributed by atoms with E-state index in [-0.39, 0.29) is 5.56 Å². The number of anilines is 1. The third kappa shape index (κ3) is 2.24. The first-order valence-corrected chi connectivity index (χ1v) is 7.31. The standard InChI is InChI=1S/C15H20N4O2/c1-8-5-4-6-11(8)17-13-10(15(20)21)7-16-14-12(13)9(2)18-19(14)3/h7-8,11H,4-6H2,1-3H3,(H,16,17)(H,20,21). The van der Waals surface area contributed by atoms with Crippen LogP contribution in [0, 0.1) is 12.8 Å². The summed E-state index contributed by atoms with van der Waals surface area (Å²) >= 11 is 0. The van der Waals surface area contributed by atoms with Crippen LogP contribution in [0.3, 0.4) is 0 Å². The van der Waals surface area contributed by atoms with Gasteiger partial charge in [-0.05, 0) is 25.7 Å². The zero-order chi connectivity index (χ0) is 15.1. The maximum atomic E-state index is 11.5. The number of aromatic carboxylic acids is 1. The predicted octanol–water partition coefficient (Wildman–Crippen LogP) is 2.58. The lowest BCUT2D eigenvalue weighted by molar-refractivity contribution is 0.0697. The van der Waals surface area contributed by atoms with E-state index in [2.05, 4.69) is 22.3 Å². The number of pyridine rings is 1. The molecule has 0 spiro atoms. The Balaban J connectivity index is 2.16. The largest absolute Gasteiger partial charge is 0.478 e. The van der Waals surface area contributed by atoms with E-state index >= 15 is 0 Å². The fourth-order valence-electron chi connectivity index (χ4n) is 3.27. The van der Waals surface area contributed by atoms with Gasteiger partial charge in [0.25, 0.3) is 0 Å². The molecule has 2 unspecified atom stereocenters. The van der Waals surface area contributed by atoms with Crippen molar-refractivity contribution < 1.29 is 9.90 Å². The summed E-state index contributed by atoms with van der Waals surface area (Å²) in [4.78, 5) is 15.8. The fourth-order valence-corrected chi connectivity index (χ4v) is 3.27. The Bertz CT molecular complexity index is 707. The zero-order valence-electron chi connectivity index (χ0n) is 12.6. The summed E-state index contributed by atoms with van der Waals surface area (Å²) in [7, 11) is 1.82. The van der Waals surface area contributed by atoms with Gasteiger partial charge in [-0.1, -0.05) is 13.3 Å². The Labute approximate surface area is 123 Å². The quantitative estimate of drug-likeness (QED) is 0.907. The highest BCUT2D eigenvalue weighted by molar-refractivity contribution is 6.04. The molecule has 2 heterocycles. The highest BCUT2D eigenvalue weighted by Crippen LogP contribution is 2.33. The maximum Gasteiger partial charge on any atom is 0.339 e. The molecule has 112 valence electrons. The summed E-state index contributed by atoms with van der Waals surface area (Å²) in [6.07, 6.45) is 4.86. The number of fused-ring (bicyclic) bond motifs is 1. The van der Waals surface area contributed by atoms with Gasteiger partial charge < -0.3 is 10.4 Å². The number of nitrogens with zero attached hydrogens (tertiary/aromatic N) is 3. The third-order valence-corrected chi connectivity index (χ3v) is 4.45. The summed E-state index contributed by atoms with van der Waals surface area (Å²) in [5.41, 5.74) is 2.40. The number of rotatable bonds is 3. The molecular weight excluding hydrogens is 268 g/mol. The molecule has 21 heavy (non-hydrogen) atoms. The van der Waals surface area contributed by atoms with Crippen LogP contribution in [0.1, 0.15) is 42.2 Å². The van der Waals surface area contributed by atoms with Crippen molar-refractivity contribution in [2.75, 3.05) is 5.32 Å². The first kappa shape index (κ1) is 13.9. The Hall–Kier alpha value is -2.11. The topological polar surface area (TPSA) is 80.0 Å². The van der Waals surface area contributed by atoms with E-state index in [1.807, 2.05) is 14.0 Å². The van der Waals surface area contributed by atoms with E-state index in [9.17, 15) is 9.90 Å². The van der Waals surface area contributed by atoms with Crippen molar-refractivity contribution in [2.24, 2.45) is 13.0 Å². The molecule has 3 rings (SSSR count). The second kappa shape index (κ2) is 5.02. The number of carbonyl (C=O) groups is 1. The van der Waals surface area contributed by atoms with Gasteiger partial charge in [-0.3, -0.25) is 4.68 Å². The molecule has 6 heteroatoms. The van der Waals surface area contributed by atoms with Crippen LogP contribution < -0.4 is 5.32 Å². The van der Waals surface area contributed by atoms with Crippen molar-refractivity contribution in [3.8, 4) is 0 Å². The van der Waals surface area contributed by atoms with Gasteiger partial charge in [0.05, 0.1) is 16.8 Å². The molecule has 0 amide bonds. The van der Waals surface area contributed by atoms with Crippen molar-refractivity contribution in [3.63, 3.8) is 0 Å². The number of nitrogens with one attached hydrogen (secondary N) is 1. The normalized spacial score (nSPS) is 21.9. The summed E-state index contributed by atoms with van der Waals surface area (Å²) in [5, 5.41) is 18.1. The second-order valence-corrected chi connectivity index (χ2v) is 5.92. The molecule has 2 aromatic rings. The zero-order valence-corrected chi connectivity index (χ0v) is 12.6. The monoisotopic (exact) mass is 288 g/mol. The number of hydrogen-bond donors (Lipinski definition) is 2. The van der Waals surface area contributed by atoms with E-state index in [1.165, 1.54) is 19.0 Å². The fraction of sp³-hybridized carbons (Fsp3) is 0.533. The molecule has 1 fully saturated rings. The second-order valence-electron chi connectivity index (χ2n) is 5.92. The molecule has 1 aliphatic carbocycles. The van der Waals surface area contributed by atoms with Gasteiger partial charge in [0.15, 0.2) is 5.65 Å². The van der Waals surface area contributed by atoms with Crippen LogP contribution in [0.15, 0.2) is 6.20 Å². The average molecular weight is 288 g/mol. The molecule has 2 N–H and O–H groups in total. The first-order valence-electron chi connectivity index (χ1n) is 7.31. The first-order chi connectivity index (χ1) is 9.99. The maximum absolute atomic E-state index is 11.5. The number of carboxylic acids is 1. The minimum absolute atomic E-state index is 0.220. The summed E-state index contributed by atoms with van der Waals surface area (Å²) < 4.78 is 1.69. The molecule has 0 saturated heterocycles. The number of carboxylic acid groups (broad SMARTS) is 1. The SMILES string of the molecule is Cc1nn(C)c2ncc(C(=O)O)c(NC3CCCC3C)c12. The Kier molecular flexibility index (Phi) is 3.31. The number of aromatic nitrogens is 3. The molecule has 0 aliphatic heterocycles. The predicted molar refractivity (Wildman–Crippen MR) is 80.6 cm³/mol. The van der Waals surface area contributed by atoms with Crippen molar-refractivity contribution in [1.82, 2.24) is 14.8 Å². The van der Waals surface area contributed by atoms with Crippen LogP contribution in [-0.4, -0.2) is 31.9 Å². The van der Waals surface area contributed by atoms with Gasteiger partial charge in [0.2, 0.25) is 0 Å². The van der Waals surface area contributed by atoms with Gasteiger partial charge in [0, 0.05) is 19.3 Å². The Morgan fingerprint density at radius 3 is 2.86 bits per heavy atom. The van der Waals surface area contributed by atoms with Crippen LogP contribution in [0.5, 0.6) is 0 Å². The van der Waals surface area contributed by atoms with Crippen molar-refractivity contribution in [1.29, 1.82) is 0 Å². The van der Waals surface area contributed by atoms with Gasteiger partial charge >= 0.3 is 5.97 Å². The lowest BCUT2D eigenvalue weighted by Gasteiger charge is -2.20. The minimum atomic E-state index is -0.958. The molecule has 6 nitrogen and oxygen atoms in total. The third-order valence-electron chi connectivity index (χ3n) is 4.45. The summed E-state index contributed by atoms with van der Waals surface area (Å²) in [5.74, 6) is -0.410. The van der Waals surface area contributed by atoms with Gasteiger partial charge in [-0.15, -0.1) is 0 Å². The molecule has 2 atom stereocenters. The van der Waals surface area contributed by atoms with Crippen LogP contribution >= 0.6 is 0 Å². The van der Waals surface area contributed by atoms with E-state index in [4.69, 9.17) is 0 Å². The van der Waals surface area contributed by atoms with E-state index in [0.29, 0.717) is 23.3 Å². The summed E-state index contributed by atoms with van der Waals surface area (Å²) in [6.45, 7) is 4.10. The molecule has 2 aromatic heterocycles. The van der Waals surface area contributed by atoms with E-state index in [1.54, 1.807) is 4.68 Å². The van der Waals surface area contributed by atoms with Crippen molar-refractivity contribution >= 4 is 22.7 Å². The Morgan fingerprint density at radius 1 is 1.48 bits per heavy atom. The molecular formula is C15H20N4O2. The average Bonchev–Trinajstić information content (AvgIpc) is 2.95. The highest BCUT2D eigenvalue weighted by Gasteiger charge is 2.27. The molecule has 1 aliphatic rings. The smallest absolute Gasteiger partial charge is 0.339 e. The van der Waals surface area contributed by atoms with Crippen LogP contribution in [0.25, 0.3) is 11.0 Å². The van der Waals surface area contributed by atoms with Crippen molar-refractivity contribution in [2.45, 2.75) is 39.2 Å². The summed E-state index contributed by atoms with van der Waals surface area (Å²) in [6, 6.07) is 0.313. The number of aryl methyl sites for hydroxylation is 2. The highest BCUT2D eigenvalue weighted by atomic mass is 16.4. The minimum Gasteiger partial charge on any atom is -0.478 e. The molecule has 1 saturated carbocycles. The lowest BCUT2D eigenvalue weighted by Crippen LogP contribution is -2.23. The molecule has 0 bridgehead atoms. The van der Waals surface area contributed by atoms with Crippen LogP contribution in [0.4, 0.5) is 5.69 Å². The van der Waals surface area contributed by atoms with E-state index in [0.717, 1.165) is 17.5 Å². The van der Waals surface area contributed by atoms with Crippen LogP contribution in [-0.2, 0) is 7.05 Å². The van der Waals surface area contributed by atoms with Crippen molar-refractivity contribution in [3.05, 3.63) is 17.5 Å². The van der Waals surface area contributed by atoms with Gasteiger partial charge in [-0.2, -0.15) is 5.10 Å². The number of hydrogen-bond acceptors (Lipinski definition) is 4. The van der Waals surface area contributed by atoms with Crippen LogP contribution in [0.2, 0.25) is 0 Å². The van der Waals surface area contributed by atoms with Gasteiger partial charge in [0.1, 0.15) is 5.56 Å².